The minimum atomic E-state index is -0.179. The van der Waals surface area contributed by atoms with Crippen LogP contribution in [0.5, 0.6) is 0 Å². The summed E-state index contributed by atoms with van der Waals surface area (Å²) in [4.78, 5) is 21.4. The van der Waals surface area contributed by atoms with E-state index in [9.17, 15) is 4.79 Å². The van der Waals surface area contributed by atoms with Gasteiger partial charge in [0.15, 0.2) is 0 Å². The van der Waals surface area contributed by atoms with Gasteiger partial charge in [-0.3, -0.25) is 4.79 Å². The van der Waals surface area contributed by atoms with Gasteiger partial charge in [0.1, 0.15) is 5.69 Å². The van der Waals surface area contributed by atoms with E-state index >= 15 is 0 Å². The molecule has 0 fully saturated rings. The average Bonchev–Trinajstić information content (AvgIpc) is 3.23. The number of hydrogen-bond acceptors (Lipinski definition) is 2. The highest BCUT2D eigenvalue weighted by molar-refractivity contribution is 6.30. The predicted molar refractivity (Wildman–Crippen MR) is 141 cm³/mol. The van der Waals surface area contributed by atoms with Gasteiger partial charge in [-0.1, -0.05) is 80.0 Å². The summed E-state index contributed by atoms with van der Waals surface area (Å²) in [5.41, 5.74) is 6.54. The van der Waals surface area contributed by atoms with Gasteiger partial charge < -0.3 is 10.3 Å². The van der Waals surface area contributed by atoms with Crippen LogP contribution in [0.2, 0.25) is 5.02 Å². The van der Waals surface area contributed by atoms with Crippen LogP contribution in [0.3, 0.4) is 0 Å². The molecule has 3 aromatic carbocycles. The Morgan fingerprint density at radius 2 is 1.71 bits per heavy atom. The highest BCUT2D eigenvalue weighted by Crippen LogP contribution is 2.33. The molecule has 0 bridgehead atoms. The van der Waals surface area contributed by atoms with E-state index in [1.807, 2.05) is 48.5 Å². The molecule has 2 N–H and O–H groups in total. The maximum atomic E-state index is 13.1. The Labute approximate surface area is 204 Å². The second-order valence-corrected chi connectivity index (χ2v) is 9.29. The number of para-hydroxylation sites is 1. The number of hydrogen-bond donors (Lipinski definition) is 2. The van der Waals surface area contributed by atoms with Gasteiger partial charge >= 0.3 is 0 Å². The molecule has 0 aliphatic rings. The van der Waals surface area contributed by atoms with Crippen LogP contribution < -0.4 is 5.32 Å². The lowest BCUT2D eigenvalue weighted by molar-refractivity contribution is 0.0949. The number of aromatic amines is 1. The van der Waals surface area contributed by atoms with Gasteiger partial charge in [-0.15, -0.1) is 0 Å². The number of nitrogens with zero attached hydrogens (tertiary/aromatic N) is 1. The number of carbonyl (C=O) groups is 1. The quantitative estimate of drug-likeness (QED) is 0.279. The number of benzene rings is 3. The second-order valence-electron chi connectivity index (χ2n) is 8.86. The van der Waals surface area contributed by atoms with Gasteiger partial charge in [0.05, 0.1) is 11.2 Å². The third-order valence-corrected chi connectivity index (χ3v) is 6.44. The standard InChI is InChI=1S/C29H26ClN3O/c1-18(2)20-9-11-21(12-10-20)27-28-24(23-5-3-4-6-25(23)32-28)17-26(33-27)29(34)31-16-15-19-7-13-22(30)14-8-19/h3-14,17-18,32H,15-16H2,1-2H3,(H,31,34). The lowest BCUT2D eigenvalue weighted by Crippen LogP contribution is -2.26. The number of nitrogens with one attached hydrogen (secondary N) is 2. The van der Waals surface area contributed by atoms with E-state index in [2.05, 4.69) is 54.5 Å². The molecule has 2 aromatic heterocycles. The van der Waals surface area contributed by atoms with Gasteiger partial charge in [-0.05, 0) is 47.7 Å². The van der Waals surface area contributed by atoms with Crippen molar-refractivity contribution >= 4 is 39.3 Å². The SMILES string of the molecule is CC(C)c1ccc(-c2nc(C(=O)NCCc3ccc(Cl)cc3)cc3c2[nH]c2ccccc23)cc1. The Balaban J connectivity index is 1.50. The van der Waals surface area contributed by atoms with E-state index in [1.54, 1.807) is 0 Å². The van der Waals surface area contributed by atoms with Crippen molar-refractivity contribution in [1.82, 2.24) is 15.3 Å². The first kappa shape index (κ1) is 22.2. The second kappa shape index (κ2) is 9.32. The largest absolute Gasteiger partial charge is 0.353 e. The summed E-state index contributed by atoms with van der Waals surface area (Å²) < 4.78 is 0. The zero-order valence-electron chi connectivity index (χ0n) is 19.2. The monoisotopic (exact) mass is 467 g/mol. The first-order chi connectivity index (χ1) is 16.5. The van der Waals surface area contributed by atoms with Gasteiger partial charge in [0.25, 0.3) is 5.91 Å². The van der Waals surface area contributed by atoms with Crippen LogP contribution in [-0.2, 0) is 6.42 Å². The molecule has 0 saturated heterocycles. The van der Waals surface area contributed by atoms with Crippen molar-refractivity contribution < 1.29 is 4.79 Å². The molecule has 0 radical (unpaired) electrons. The molecule has 170 valence electrons. The highest BCUT2D eigenvalue weighted by atomic mass is 35.5. The van der Waals surface area contributed by atoms with Crippen molar-refractivity contribution in [2.75, 3.05) is 6.54 Å². The minimum absolute atomic E-state index is 0.179. The van der Waals surface area contributed by atoms with Crippen LogP contribution in [0, 0.1) is 0 Å². The molecule has 0 saturated carbocycles. The molecule has 5 rings (SSSR count). The maximum Gasteiger partial charge on any atom is 0.269 e. The van der Waals surface area contributed by atoms with Gasteiger partial charge in [0, 0.05) is 33.4 Å². The Morgan fingerprint density at radius 1 is 0.971 bits per heavy atom. The summed E-state index contributed by atoms with van der Waals surface area (Å²) in [6.45, 7) is 4.88. The third kappa shape index (κ3) is 4.42. The molecule has 0 spiro atoms. The van der Waals surface area contributed by atoms with E-state index < -0.39 is 0 Å². The molecule has 0 aliphatic carbocycles. The number of halogens is 1. The van der Waals surface area contributed by atoms with Gasteiger partial charge in [-0.25, -0.2) is 4.98 Å². The fourth-order valence-corrected chi connectivity index (χ4v) is 4.38. The van der Waals surface area contributed by atoms with Crippen LogP contribution in [0.25, 0.3) is 33.1 Å². The summed E-state index contributed by atoms with van der Waals surface area (Å²) in [6, 6.07) is 26.1. The molecular weight excluding hydrogens is 442 g/mol. The Kier molecular flexibility index (Phi) is 6.08. The van der Waals surface area contributed by atoms with Crippen molar-refractivity contribution in [2.45, 2.75) is 26.2 Å². The van der Waals surface area contributed by atoms with Crippen molar-refractivity contribution in [1.29, 1.82) is 0 Å². The van der Waals surface area contributed by atoms with E-state index in [0.717, 1.165) is 45.0 Å². The first-order valence-electron chi connectivity index (χ1n) is 11.5. The first-order valence-corrected chi connectivity index (χ1v) is 11.9. The van der Waals surface area contributed by atoms with Crippen LogP contribution >= 0.6 is 11.6 Å². The normalized spacial score (nSPS) is 11.4. The average molecular weight is 468 g/mol. The fourth-order valence-electron chi connectivity index (χ4n) is 4.26. The summed E-state index contributed by atoms with van der Waals surface area (Å²) in [6.07, 6.45) is 0.724. The van der Waals surface area contributed by atoms with Crippen LogP contribution in [0.4, 0.5) is 0 Å². The number of carbonyl (C=O) groups excluding carboxylic acids is 1. The fraction of sp³-hybridized carbons (Fsp3) is 0.172. The zero-order valence-corrected chi connectivity index (χ0v) is 20.0. The Bertz CT molecular complexity index is 1470. The molecular formula is C29H26ClN3O. The van der Waals surface area contributed by atoms with E-state index in [4.69, 9.17) is 16.6 Å². The van der Waals surface area contributed by atoms with Crippen molar-refractivity contribution in [3.63, 3.8) is 0 Å². The van der Waals surface area contributed by atoms with Gasteiger partial charge in [0.2, 0.25) is 0 Å². The van der Waals surface area contributed by atoms with E-state index in [-0.39, 0.29) is 5.91 Å². The summed E-state index contributed by atoms with van der Waals surface area (Å²) in [7, 11) is 0. The Hall–Kier alpha value is -3.63. The highest BCUT2D eigenvalue weighted by Gasteiger charge is 2.17. The van der Waals surface area contributed by atoms with Crippen LogP contribution in [0.15, 0.2) is 78.9 Å². The maximum absolute atomic E-state index is 13.1. The van der Waals surface area contributed by atoms with Crippen molar-refractivity contribution in [3.05, 3.63) is 101 Å². The van der Waals surface area contributed by atoms with Crippen molar-refractivity contribution in [2.24, 2.45) is 0 Å². The molecule has 5 heteroatoms. The Morgan fingerprint density at radius 3 is 2.44 bits per heavy atom. The molecule has 1 amide bonds. The molecule has 0 aliphatic heterocycles. The molecule has 34 heavy (non-hydrogen) atoms. The van der Waals surface area contributed by atoms with Crippen molar-refractivity contribution in [3.8, 4) is 11.3 Å². The molecule has 2 heterocycles. The van der Waals surface area contributed by atoms with Crippen LogP contribution in [0.1, 0.15) is 41.4 Å². The predicted octanol–water partition coefficient (Wildman–Crippen LogP) is 7.13. The summed E-state index contributed by atoms with van der Waals surface area (Å²) in [5, 5.41) is 5.81. The number of amides is 1. The molecule has 0 atom stereocenters. The van der Waals surface area contributed by atoms with Crippen LogP contribution in [-0.4, -0.2) is 22.4 Å². The van der Waals surface area contributed by atoms with Gasteiger partial charge in [-0.2, -0.15) is 0 Å². The number of rotatable bonds is 6. The zero-order chi connectivity index (χ0) is 23.7. The number of aromatic nitrogens is 2. The topological polar surface area (TPSA) is 57.8 Å². The molecule has 4 nitrogen and oxygen atoms in total. The molecule has 0 unspecified atom stereocenters. The number of pyridine rings is 1. The third-order valence-electron chi connectivity index (χ3n) is 6.19. The summed E-state index contributed by atoms with van der Waals surface area (Å²) in [5.74, 6) is 0.272. The lowest BCUT2D eigenvalue weighted by atomic mass is 9.99. The molecule has 5 aromatic rings. The smallest absolute Gasteiger partial charge is 0.269 e. The summed E-state index contributed by atoms with van der Waals surface area (Å²) >= 11 is 5.96. The number of H-pyrrole nitrogens is 1. The lowest BCUT2D eigenvalue weighted by Gasteiger charge is -2.10. The number of fused-ring (bicyclic) bond motifs is 3. The van der Waals surface area contributed by atoms with E-state index in [0.29, 0.717) is 23.2 Å². The van der Waals surface area contributed by atoms with E-state index in [1.165, 1.54) is 5.56 Å². The minimum Gasteiger partial charge on any atom is -0.353 e.